The van der Waals surface area contributed by atoms with Crippen LogP contribution in [0.5, 0.6) is 0 Å². The predicted molar refractivity (Wildman–Crippen MR) is 69.9 cm³/mol. The molecule has 1 heterocycles. The number of aliphatic hydroxyl groups is 1. The van der Waals surface area contributed by atoms with Gasteiger partial charge < -0.3 is 20.5 Å². The van der Waals surface area contributed by atoms with Gasteiger partial charge in [-0.05, 0) is 13.0 Å². The number of hydrogen-bond acceptors (Lipinski definition) is 6. The quantitative estimate of drug-likeness (QED) is 0.725. The molecule has 3 N–H and O–H groups in total. The molecule has 0 radical (unpaired) electrons. The zero-order valence-corrected chi connectivity index (χ0v) is 11.1. The maximum Gasteiger partial charge on any atom is 0.340 e. The normalized spacial score (nSPS) is 10.7. The maximum absolute atomic E-state index is 12.5. The number of pyridine rings is 1. The highest BCUT2D eigenvalue weighted by Crippen LogP contribution is 2.25. The lowest BCUT2D eigenvalue weighted by molar-refractivity contribution is 0.0527. The van der Waals surface area contributed by atoms with Crippen molar-refractivity contribution >= 4 is 17.5 Å². The third-order valence-electron chi connectivity index (χ3n) is 2.49. The molecule has 0 fully saturated rings. The lowest BCUT2D eigenvalue weighted by Crippen LogP contribution is -2.33. The van der Waals surface area contributed by atoms with Gasteiger partial charge in [0.1, 0.15) is 0 Å². The summed E-state index contributed by atoms with van der Waals surface area (Å²) in [5.41, 5.74) is 5.81. The summed E-state index contributed by atoms with van der Waals surface area (Å²) in [5, 5.41) is 8.92. The fraction of sp³-hybridized carbons (Fsp3) is 0.500. The lowest BCUT2D eigenvalue weighted by Gasteiger charge is -2.24. The average molecular weight is 289 g/mol. The third-order valence-corrected chi connectivity index (χ3v) is 2.49. The number of carbonyl (C=O) groups excluding carboxylic acids is 1. The molecule has 1 rings (SSSR count). The SMILES string of the molecule is CCOC(=O)c1ccnc(N(CCO)CC(F)F)c1N. The van der Waals surface area contributed by atoms with E-state index < -0.39 is 18.9 Å². The molecule has 20 heavy (non-hydrogen) atoms. The summed E-state index contributed by atoms with van der Waals surface area (Å²) in [6, 6.07) is 1.36. The highest BCUT2D eigenvalue weighted by Gasteiger charge is 2.20. The Morgan fingerprint density at radius 2 is 2.30 bits per heavy atom. The van der Waals surface area contributed by atoms with E-state index in [9.17, 15) is 13.6 Å². The van der Waals surface area contributed by atoms with Gasteiger partial charge in [-0.15, -0.1) is 0 Å². The highest BCUT2D eigenvalue weighted by molar-refractivity contribution is 5.97. The van der Waals surface area contributed by atoms with Gasteiger partial charge in [-0.3, -0.25) is 0 Å². The monoisotopic (exact) mass is 289 g/mol. The Balaban J connectivity index is 3.09. The molecular weight excluding hydrogens is 272 g/mol. The fourth-order valence-corrected chi connectivity index (χ4v) is 1.67. The van der Waals surface area contributed by atoms with Crippen molar-refractivity contribution in [1.29, 1.82) is 0 Å². The van der Waals surface area contributed by atoms with E-state index in [1.54, 1.807) is 6.92 Å². The molecule has 112 valence electrons. The molecule has 0 saturated carbocycles. The van der Waals surface area contributed by atoms with Crippen LogP contribution < -0.4 is 10.6 Å². The van der Waals surface area contributed by atoms with E-state index in [4.69, 9.17) is 15.6 Å². The van der Waals surface area contributed by atoms with E-state index in [1.807, 2.05) is 0 Å². The number of hydrogen-bond donors (Lipinski definition) is 2. The molecule has 0 spiro atoms. The molecule has 8 heteroatoms. The molecule has 0 bridgehead atoms. The minimum atomic E-state index is -2.62. The van der Waals surface area contributed by atoms with Gasteiger partial charge in [0, 0.05) is 12.7 Å². The summed E-state index contributed by atoms with van der Waals surface area (Å²) in [6.07, 6.45) is -1.33. The van der Waals surface area contributed by atoms with E-state index >= 15 is 0 Å². The first-order valence-corrected chi connectivity index (χ1v) is 6.06. The van der Waals surface area contributed by atoms with Crippen LogP contribution in [0.1, 0.15) is 17.3 Å². The van der Waals surface area contributed by atoms with E-state index in [1.165, 1.54) is 12.3 Å². The molecule has 0 aliphatic heterocycles. The average Bonchev–Trinajstić information content (AvgIpc) is 2.38. The van der Waals surface area contributed by atoms with E-state index in [2.05, 4.69) is 4.98 Å². The number of anilines is 2. The lowest BCUT2D eigenvalue weighted by atomic mass is 10.2. The van der Waals surface area contributed by atoms with E-state index in [-0.39, 0.29) is 36.8 Å². The standard InChI is InChI=1S/C12H17F2N3O3/c1-2-20-12(19)8-3-4-16-11(10(8)15)17(5-6-18)7-9(13)14/h3-4,9,18H,2,5-7,15H2,1H3. The summed E-state index contributed by atoms with van der Waals surface area (Å²) >= 11 is 0. The Kier molecular flexibility index (Phi) is 6.10. The molecule has 1 aromatic heterocycles. The summed E-state index contributed by atoms with van der Waals surface area (Å²) in [4.78, 5) is 16.7. The molecule has 0 unspecified atom stereocenters. The van der Waals surface area contributed by atoms with Crippen molar-refractivity contribution in [2.45, 2.75) is 13.3 Å². The Morgan fingerprint density at radius 3 is 2.85 bits per heavy atom. The minimum absolute atomic E-state index is 0.0323. The second-order valence-corrected chi connectivity index (χ2v) is 3.88. The van der Waals surface area contributed by atoms with Crippen LogP contribution in [0.15, 0.2) is 12.3 Å². The van der Waals surface area contributed by atoms with Crippen LogP contribution in [-0.4, -0.2) is 48.8 Å². The number of carbonyl (C=O) groups is 1. The van der Waals surface area contributed by atoms with Crippen LogP contribution >= 0.6 is 0 Å². The van der Waals surface area contributed by atoms with Crippen molar-refractivity contribution in [3.8, 4) is 0 Å². The largest absolute Gasteiger partial charge is 0.462 e. The van der Waals surface area contributed by atoms with Gasteiger partial charge >= 0.3 is 5.97 Å². The number of ether oxygens (including phenoxy) is 1. The molecular formula is C12H17F2N3O3. The number of rotatable bonds is 7. The molecule has 6 nitrogen and oxygen atoms in total. The third kappa shape index (κ3) is 4.02. The molecule has 0 atom stereocenters. The van der Waals surface area contributed by atoms with Crippen LogP contribution in [0.3, 0.4) is 0 Å². The van der Waals surface area contributed by atoms with Gasteiger partial charge in [0.25, 0.3) is 6.43 Å². The Morgan fingerprint density at radius 1 is 1.60 bits per heavy atom. The van der Waals surface area contributed by atoms with Gasteiger partial charge in [0.05, 0.1) is 31.0 Å². The van der Waals surface area contributed by atoms with Crippen LogP contribution in [0, 0.1) is 0 Å². The first-order valence-electron chi connectivity index (χ1n) is 6.06. The van der Waals surface area contributed by atoms with Crippen molar-refractivity contribution in [3.05, 3.63) is 17.8 Å². The van der Waals surface area contributed by atoms with Crippen LogP contribution in [0.25, 0.3) is 0 Å². The summed E-state index contributed by atoms with van der Waals surface area (Å²) in [7, 11) is 0. The molecule has 0 aliphatic rings. The van der Waals surface area contributed by atoms with E-state index in [0.29, 0.717) is 0 Å². The molecule has 0 aliphatic carbocycles. The second-order valence-electron chi connectivity index (χ2n) is 3.88. The summed E-state index contributed by atoms with van der Waals surface area (Å²) in [6.45, 7) is 0.785. The number of nitrogens with zero attached hydrogens (tertiary/aromatic N) is 2. The summed E-state index contributed by atoms with van der Waals surface area (Å²) in [5.74, 6) is -0.612. The molecule has 1 aromatic rings. The highest BCUT2D eigenvalue weighted by atomic mass is 19.3. The minimum Gasteiger partial charge on any atom is -0.462 e. The van der Waals surface area contributed by atoms with Crippen LogP contribution in [0.4, 0.5) is 20.3 Å². The maximum atomic E-state index is 12.5. The van der Waals surface area contributed by atoms with Crippen molar-refractivity contribution < 1.29 is 23.4 Å². The summed E-state index contributed by atoms with van der Waals surface area (Å²) < 4.78 is 29.9. The molecule has 0 amide bonds. The number of esters is 1. The smallest absolute Gasteiger partial charge is 0.340 e. The number of nitrogens with two attached hydrogens (primary N) is 1. The van der Waals surface area contributed by atoms with Gasteiger partial charge in [0.15, 0.2) is 5.82 Å². The fourth-order valence-electron chi connectivity index (χ4n) is 1.67. The Hall–Kier alpha value is -1.96. The van der Waals surface area contributed by atoms with Crippen molar-refractivity contribution in [1.82, 2.24) is 4.98 Å². The zero-order valence-electron chi connectivity index (χ0n) is 11.1. The van der Waals surface area contributed by atoms with Gasteiger partial charge in [-0.2, -0.15) is 0 Å². The number of aromatic nitrogens is 1. The first-order chi connectivity index (χ1) is 9.51. The van der Waals surface area contributed by atoms with Gasteiger partial charge in [0.2, 0.25) is 0 Å². The molecule has 0 aromatic carbocycles. The van der Waals surface area contributed by atoms with Crippen molar-refractivity contribution in [3.63, 3.8) is 0 Å². The number of nitrogen functional groups attached to an aromatic ring is 1. The van der Waals surface area contributed by atoms with Crippen LogP contribution in [0.2, 0.25) is 0 Å². The van der Waals surface area contributed by atoms with Crippen LogP contribution in [-0.2, 0) is 4.74 Å². The Bertz CT molecular complexity index is 458. The zero-order chi connectivity index (χ0) is 15.1. The molecule has 0 saturated heterocycles. The van der Waals surface area contributed by atoms with Crippen molar-refractivity contribution in [2.75, 3.05) is 36.9 Å². The number of aliphatic hydroxyl groups excluding tert-OH is 1. The van der Waals surface area contributed by atoms with Gasteiger partial charge in [-0.25, -0.2) is 18.6 Å². The van der Waals surface area contributed by atoms with Gasteiger partial charge in [-0.1, -0.05) is 0 Å². The van der Waals surface area contributed by atoms with E-state index in [0.717, 1.165) is 4.90 Å². The Labute approximate surface area is 115 Å². The van der Waals surface area contributed by atoms with Crippen molar-refractivity contribution in [2.24, 2.45) is 0 Å². The predicted octanol–water partition coefficient (Wildman–Crippen LogP) is 0.904. The topological polar surface area (TPSA) is 88.7 Å². The second kappa shape index (κ2) is 7.59. The number of alkyl halides is 2. The number of halogens is 2. The first kappa shape index (κ1) is 16.1.